The minimum atomic E-state index is -3.64. The first-order valence-electron chi connectivity index (χ1n) is 9.25. The summed E-state index contributed by atoms with van der Waals surface area (Å²) in [6, 6.07) is 6.27. The molecule has 1 N–H and O–H groups in total. The molecule has 0 amide bonds. The molecule has 9 nitrogen and oxygen atoms in total. The second kappa shape index (κ2) is 8.74. The smallest absolute Gasteiger partial charge is 0.279 e. The third-order valence-corrected chi connectivity index (χ3v) is 8.12. The first kappa shape index (κ1) is 21.6. The Morgan fingerprint density at radius 3 is 2.11 bits per heavy atom. The van der Waals surface area contributed by atoms with E-state index in [-0.39, 0.29) is 23.6 Å². The molecule has 0 spiro atoms. The van der Waals surface area contributed by atoms with E-state index in [1.54, 1.807) is 12.1 Å². The summed E-state index contributed by atoms with van der Waals surface area (Å²) in [6.07, 6.45) is -0.324. The summed E-state index contributed by atoms with van der Waals surface area (Å²) >= 11 is 0. The van der Waals surface area contributed by atoms with E-state index in [0.717, 1.165) is 0 Å². The lowest BCUT2D eigenvalue weighted by atomic mass is 10.2. The molecular formula is C17H27N3O6S2. The minimum Gasteiger partial charge on any atom is -0.379 e. The van der Waals surface area contributed by atoms with Gasteiger partial charge in [-0.25, -0.2) is 8.42 Å². The van der Waals surface area contributed by atoms with Crippen LogP contribution in [0.15, 0.2) is 29.2 Å². The van der Waals surface area contributed by atoms with Crippen molar-refractivity contribution in [3.63, 3.8) is 0 Å². The zero-order valence-corrected chi connectivity index (χ0v) is 17.7. The molecule has 1 aromatic rings. The highest BCUT2D eigenvalue weighted by molar-refractivity contribution is 7.89. The maximum absolute atomic E-state index is 12.6. The fraction of sp³-hybridized carbons (Fsp3) is 0.647. The summed E-state index contributed by atoms with van der Waals surface area (Å²) in [7, 11) is -7.20. The number of morpholine rings is 2. The van der Waals surface area contributed by atoms with Gasteiger partial charge in [-0.3, -0.25) is 0 Å². The molecule has 28 heavy (non-hydrogen) atoms. The van der Waals surface area contributed by atoms with Crippen LogP contribution in [-0.4, -0.2) is 77.0 Å². The van der Waals surface area contributed by atoms with Crippen LogP contribution in [0.25, 0.3) is 0 Å². The highest BCUT2D eigenvalue weighted by Gasteiger charge is 2.31. The number of nitrogens with zero attached hydrogens (tertiary/aromatic N) is 2. The minimum absolute atomic E-state index is 0.0837. The van der Waals surface area contributed by atoms with Gasteiger partial charge in [0.15, 0.2) is 0 Å². The molecule has 158 valence electrons. The Bertz CT molecular complexity index is 857. The molecule has 0 radical (unpaired) electrons. The fourth-order valence-electron chi connectivity index (χ4n) is 3.31. The largest absolute Gasteiger partial charge is 0.379 e. The van der Waals surface area contributed by atoms with Gasteiger partial charge in [-0.05, 0) is 31.5 Å². The normalized spacial score (nSPS) is 25.6. The fourth-order valence-corrected chi connectivity index (χ4v) is 6.06. The number of hydrogen-bond donors (Lipinski definition) is 1. The molecule has 2 aliphatic heterocycles. The summed E-state index contributed by atoms with van der Waals surface area (Å²) in [5.41, 5.74) is 0.679. The second-order valence-electron chi connectivity index (χ2n) is 7.06. The Balaban J connectivity index is 1.62. The predicted octanol–water partition coefficient (Wildman–Crippen LogP) is 0.151. The van der Waals surface area contributed by atoms with Gasteiger partial charge in [-0.1, -0.05) is 12.1 Å². The Hall–Kier alpha value is -1.08. The van der Waals surface area contributed by atoms with Crippen molar-refractivity contribution in [2.75, 3.05) is 39.4 Å². The monoisotopic (exact) mass is 433 g/mol. The van der Waals surface area contributed by atoms with E-state index in [4.69, 9.17) is 9.47 Å². The van der Waals surface area contributed by atoms with Crippen molar-refractivity contribution in [2.24, 2.45) is 0 Å². The Morgan fingerprint density at radius 1 is 0.964 bits per heavy atom. The summed E-state index contributed by atoms with van der Waals surface area (Å²) in [4.78, 5) is 0.192. The van der Waals surface area contributed by atoms with E-state index in [9.17, 15) is 16.8 Å². The molecule has 0 saturated carbocycles. The number of rotatable bonds is 6. The Labute approximate surface area is 166 Å². The highest BCUT2D eigenvalue weighted by Crippen LogP contribution is 2.18. The third-order valence-electron chi connectivity index (χ3n) is 4.72. The van der Waals surface area contributed by atoms with Gasteiger partial charge in [0.25, 0.3) is 10.2 Å². The average Bonchev–Trinajstić information content (AvgIpc) is 2.67. The number of ether oxygens (including phenoxy) is 2. The highest BCUT2D eigenvalue weighted by atomic mass is 32.2. The van der Waals surface area contributed by atoms with Crippen molar-refractivity contribution >= 4 is 20.2 Å². The number of hydrogen-bond acceptors (Lipinski definition) is 6. The van der Waals surface area contributed by atoms with Crippen LogP contribution in [0.1, 0.15) is 19.4 Å². The van der Waals surface area contributed by atoms with Crippen molar-refractivity contribution in [1.82, 2.24) is 13.3 Å². The molecule has 2 aliphatic rings. The van der Waals surface area contributed by atoms with E-state index in [2.05, 4.69) is 4.72 Å². The molecule has 0 aliphatic carbocycles. The van der Waals surface area contributed by atoms with Gasteiger partial charge in [-0.2, -0.15) is 21.8 Å². The van der Waals surface area contributed by atoms with Gasteiger partial charge >= 0.3 is 0 Å². The van der Waals surface area contributed by atoms with Crippen LogP contribution in [0.3, 0.4) is 0 Å². The second-order valence-corrected chi connectivity index (χ2v) is 10.8. The lowest BCUT2D eigenvalue weighted by Gasteiger charge is -2.34. The van der Waals surface area contributed by atoms with Crippen molar-refractivity contribution in [3.05, 3.63) is 29.8 Å². The SMILES string of the molecule is C[C@@H]1CN(S(=O)(=O)NCc2ccc(S(=O)(=O)N3CCOCC3)cc2)C[C@H](C)O1. The molecule has 3 rings (SSSR count). The van der Waals surface area contributed by atoms with Crippen LogP contribution in [0.5, 0.6) is 0 Å². The van der Waals surface area contributed by atoms with Gasteiger partial charge in [0.2, 0.25) is 10.0 Å². The van der Waals surface area contributed by atoms with Gasteiger partial charge in [0, 0.05) is 32.7 Å². The van der Waals surface area contributed by atoms with E-state index >= 15 is 0 Å². The maximum Gasteiger partial charge on any atom is 0.279 e. The number of sulfonamides is 1. The Kier molecular flexibility index (Phi) is 6.75. The van der Waals surface area contributed by atoms with Crippen molar-refractivity contribution < 1.29 is 26.3 Å². The van der Waals surface area contributed by atoms with Crippen molar-refractivity contribution in [3.8, 4) is 0 Å². The van der Waals surface area contributed by atoms with E-state index < -0.39 is 20.2 Å². The number of benzene rings is 1. The van der Waals surface area contributed by atoms with Crippen LogP contribution in [-0.2, 0) is 36.3 Å². The van der Waals surface area contributed by atoms with Crippen LogP contribution in [0, 0.1) is 0 Å². The van der Waals surface area contributed by atoms with Gasteiger partial charge < -0.3 is 9.47 Å². The molecule has 2 fully saturated rings. The van der Waals surface area contributed by atoms with E-state index in [1.165, 1.54) is 20.7 Å². The van der Waals surface area contributed by atoms with Crippen LogP contribution < -0.4 is 4.72 Å². The molecule has 11 heteroatoms. The first-order valence-corrected chi connectivity index (χ1v) is 12.1. The zero-order valence-electron chi connectivity index (χ0n) is 16.1. The zero-order chi connectivity index (χ0) is 20.4. The molecular weight excluding hydrogens is 406 g/mol. The third kappa shape index (κ3) is 5.09. The number of nitrogens with one attached hydrogen (secondary N) is 1. The lowest BCUT2D eigenvalue weighted by Crippen LogP contribution is -2.51. The van der Waals surface area contributed by atoms with Crippen molar-refractivity contribution in [2.45, 2.75) is 37.5 Å². The molecule has 0 unspecified atom stereocenters. The Morgan fingerprint density at radius 2 is 1.54 bits per heavy atom. The quantitative estimate of drug-likeness (QED) is 0.685. The standard InChI is InChI=1S/C17H27N3O6S2/c1-14-12-20(13-15(2)26-14)28(23,24)18-11-16-3-5-17(6-4-16)27(21,22)19-7-9-25-10-8-19/h3-6,14-15,18H,7-13H2,1-2H3/t14-,15+. The molecule has 1 aromatic carbocycles. The van der Waals surface area contributed by atoms with Gasteiger partial charge in [0.1, 0.15) is 0 Å². The molecule has 2 heterocycles. The van der Waals surface area contributed by atoms with Crippen LogP contribution in [0.2, 0.25) is 0 Å². The summed E-state index contributed by atoms with van der Waals surface area (Å²) < 4.78 is 66.4. The van der Waals surface area contributed by atoms with Crippen LogP contribution >= 0.6 is 0 Å². The van der Waals surface area contributed by atoms with Crippen molar-refractivity contribution in [1.29, 1.82) is 0 Å². The summed E-state index contributed by atoms with van der Waals surface area (Å²) in [5, 5.41) is 0. The van der Waals surface area contributed by atoms with Gasteiger partial charge in [-0.15, -0.1) is 0 Å². The predicted molar refractivity (Wildman–Crippen MR) is 103 cm³/mol. The average molecular weight is 434 g/mol. The topological polar surface area (TPSA) is 105 Å². The summed E-state index contributed by atoms with van der Waals surface area (Å²) in [5.74, 6) is 0. The summed E-state index contributed by atoms with van der Waals surface area (Å²) in [6.45, 7) is 5.81. The van der Waals surface area contributed by atoms with E-state index in [0.29, 0.717) is 45.0 Å². The first-order chi connectivity index (χ1) is 13.2. The maximum atomic E-state index is 12.6. The van der Waals surface area contributed by atoms with Crippen LogP contribution in [0.4, 0.5) is 0 Å². The molecule has 0 aromatic heterocycles. The molecule has 0 bridgehead atoms. The lowest BCUT2D eigenvalue weighted by molar-refractivity contribution is -0.0444. The molecule has 2 atom stereocenters. The van der Waals surface area contributed by atoms with Gasteiger partial charge in [0.05, 0.1) is 30.3 Å². The van der Waals surface area contributed by atoms with E-state index in [1.807, 2.05) is 13.8 Å². The molecule has 2 saturated heterocycles.